The Bertz CT molecular complexity index is 894. The van der Waals surface area contributed by atoms with Crippen LogP contribution in [-0.4, -0.2) is 21.5 Å². The molecule has 0 aliphatic heterocycles. The fourth-order valence-electron chi connectivity index (χ4n) is 2.39. The third-order valence-corrected chi connectivity index (χ3v) is 3.44. The summed E-state index contributed by atoms with van der Waals surface area (Å²) in [5.41, 5.74) is 3.08. The van der Waals surface area contributed by atoms with Gasteiger partial charge >= 0.3 is 0 Å². The van der Waals surface area contributed by atoms with E-state index in [1.165, 1.54) is 12.1 Å². The number of aromatic amines is 1. The van der Waals surface area contributed by atoms with Gasteiger partial charge in [-0.3, -0.25) is 0 Å². The molecule has 6 heteroatoms. The lowest BCUT2D eigenvalue weighted by Crippen LogP contribution is -2.06. The molecule has 3 rings (SSSR count). The second-order valence-electron chi connectivity index (χ2n) is 5.53. The van der Waals surface area contributed by atoms with Crippen LogP contribution >= 0.6 is 0 Å². The Morgan fingerprint density at radius 2 is 1.83 bits per heavy atom. The van der Waals surface area contributed by atoms with Crippen molar-refractivity contribution in [2.75, 3.05) is 0 Å². The van der Waals surface area contributed by atoms with Crippen LogP contribution in [0.2, 0.25) is 0 Å². The van der Waals surface area contributed by atoms with Crippen LogP contribution in [0, 0.1) is 17.1 Å². The summed E-state index contributed by atoms with van der Waals surface area (Å²) in [5, 5.41) is 19.5. The van der Waals surface area contributed by atoms with Gasteiger partial charge < -0.3 is 4.74 Å². The van der Waals surface area contributed by atoms with Gasteiger partial charge in [-0.05, 0) is 49.2 Å². The minimum Gasteiger partial charge on any atom is -0.490 e. The molecule has 0 aliphatic rings. The smallest absolute Gasteiger partial charge is 0.163 e. The van der Waals surface area contributed by atoms with E-state index in [-0.39, 0.29) is 17.6 Å². The summed E-state index contributed by atoms with van der Waals surface area (Å²) in [5.74, 6) is 0.322. The predicted octanol–water partition coefficient (Wildman–Crippen LogP) is 3.94. The van der Waals surface area contributed by atoms with Gasteiger partial charge in [0, 0.05) is 5.56 Å². The molecule has 0 radical (unpaired) electrons. The topological polar surface area (TPSA) is 74.6 Å². The zero-order valence-electron chi connectivity index (χ0n) is 13.2. The highest BCUT2D eigenvalue weighted by Crippen LogP contribution is 2.35. The molecular weight excluding hydrogens is 307 g/mol. The number of H-pyrrole nitrogens is 1. The lowest BCUT2D eigenvalue weighted by Gasteiger charge is -2.14. The van der Waals surface area contributed by atoms with E-state index in [9.17, 15) is 9.65 Å². The SMILES string of the molecule is CC(C)Oc1ccc(-c2ccc(F)cc2)cc1-c1nn[nH]c1C#N. The number of hydrogen-bond donors (Lipinski definition) is 1. The highest BCUT2D eigenvalue weighted by atomic mass is 19.1. The summed E-state index contributed by atoms with van der Waals surface area (Å²) in [6.07, 6.45) is -0.0298. The first kappa shape index (κ1) is 15.7. The number of nitrogens with one attached hydrogen (secondary N) is 1. The molecular formula is C18H15FN4O. The molecule has 0 amide bonds. The van der Waals surface area contributed by atoms with Crippen LogP contribution in [0.1, 0.15) is 19.5 Å². The molecule has 0 aliphatic carbocycles. The van der Waals surface area contributed by atoms with Crippen LogP contribution in [0.5, 0.6) is 5.75 Å². The average molecular weight is 322 g/mol. The predicted molar refractivity (Wildman–Crippen MR) is 87.7 cm³/mol. The highest BCUT2D eigenvalue weighted by molar-refractivity contribution is 5.77. The van der Waals surface area contributed by atoms with Gasteiger partial charge in [0.2, 0.25) is 0 Å². The first-order chi connectivity index (χ1) is 11.6. The van der Waals surface area contributed by atoms with Gasteiger partial charge in [0.25, 0.3) is 0 Å². The molecule has 0 bridgehead atoms. The van der Waals surface area contributed by atoms with E-state index in [0.717, 1.165) is 11.1 Å². The molecule has 2 aromatic carbocycles. The molecule has 0 saturated heterocycles. The van der Waals surface area contributed by atoms with Gasteiger partial charge in [-0.2, -0.15) is 5.26 Å². The van der Waals surface area contributed by atoms with Gasteiger partial charge in [-0.1, -0.05) is 23.4 Å². The largest absolute Gasteiger partial charge is 0.490 e. The quantitative estimate of drug-likeness (QED) is 0.789. The van der Waals surface area contributed by atoms with Crippen molar-refractivity contribution in [3.63, 3.8) is 0 Å². The maximum atomic E-state index is 13.1. The zero-order chi connectivity index (χ0) is 17.1. The monoisotopic (exact) mass is 322 g/mol. The second kappa shape index (κ2) is 6.50. The van der Waals surface area contributed by atoms with Crippen molar-refractivity contribution in [1.29, 1.82) is 5.26 Å². The number of rotatable bonds is 4. The molecule has 5 nitrogen and oxygen atoms in total. The molecule has 1 heterocycles. The molecule has 0 unspecified atom stereocenters. The van der Waals surface area contributed by atoms with Gasteiger partial charge in [0.1, 0.15) is 23.3 Å². The normalized spacial score (nSPS) is 10.6. The maximum absolute atomic E-state index is 13.1. The van der Waals surface area contributed by atoms with E-state index in [0.29, 0.717) is 17.0 Å². The van der Waals surface area contributed by atoms with Crippen molar-refractivity contribution < 1.29 is 9.13 Å². The van der Waals surface area contributed by atoms with E-state index in [1.54, 1.807) is 12.1 Å². The Kier molecular flexibility index (Phi) is 4.25. The molecule has 3 aromatic rings. The summed E-state index contributed by atoms with van der Waals surface area (Å²) >= 11 is 0. The number of benzene rings is 2. The lowest BCUT2D eigenvalue weighted by molar-refractivity contribution is 0.243. The Hall–Kier alpha value is -3.20. The van der Waals surface area contributed by atoms with Gasteiger partial charge in [-0.15, -0.1) is 5.10 Å². The molecule has 0 saturated carbocycles. The average Bonchev–Trinajstić information content (AvgIpc) is 3.04. The molecule has 24 heavy (non-hydrogen) atoms. The minimum atomic E-state index is -0.290. The van der Waals surface area contributed by atoms with Crippen LogP contribution in [0.4, 0.5) is 4.39 Å². The fraction of sp³-hybridized carbons (Fsp3) is 0.167. The molecule has 1 aromatic heterocycles. The summed E-state index contributed by atoms with van der Waals surface area (Å²) in [6.45, 7) is 3.84. The van der Waals surface area contributed by atoms with Crippen molar-refractivity contribution in [3.05, 3.63) is 54.0 Å². The first-order valence-electron chi connectivity index (χ1n) is 7.46. The Morgan fingerprint density at radius 3 is 2.50 bits per heavy atom. The van der Waals surface area contributed by atoms with Crippen LogP contribution in [-0.2, 0) is 0 Å². The number of ether oxygens (including phenoxy) is 1. The standard InChI is InChI=1S/C18H15FN4O/c1-11(2)24-17-8-5-13(12-3-6-14(19)7-4-12)9-15(17)18-16(10-20)21-23-22-18/h3-9,11H,1-2H3,(H,21,22,23). The van der Waals surface area contributed by atoms with Crippen LogP contribution in [0.25, 0.3) is 22.4 Å². The van der Waals surface area contributed by atoms with E-state index in [2.05, 4.69) is 15.4 Å². The van der Waals surface area contributed by atoms with E-state index >= 15 is 0 Å². The van der Waals surface area contributed by atoms with Crippen LogP contribution in [0.15, 0.2) is 42.5 Å². The van der Waals surface area contributed by atoms with Crippen molar-refractivity contribution >= 4 is 0 Å². The Morgan fingerprint density at radius 1 is 1.12 bits per heavy atom. The minimum absolute atomic E-state index is 0.0298. The van der Waals surface area contributed by atoms with Crippen molar-refractivity contribution in [3.8, 4) is 34.2 Å². The third kappa shape index (κ3) is 3.10. The zero-order valence-corrected chi connectivity index (χ0v) is 13.2. The Balaban J connectivity index is 2.14. The molecule has 1 N–H and O–H groups in total. The Labute approximate surface area is 138 Å². The lowest BCUT2D eigenvalue weighted by atomic mass is 10.00. The van der Waals surface area contributed by atoms with Crippen LogP contribution in [0.3, 0.4) is 0 Å². The summed E-state index contributed by atoms with van der Waals surface area (Å²) in [4.78, 5) is 0. The fourth-order valence-corrected chi connectivity index (χ4v) is 2.39. The molecule has 120 valence electrons. The number of halogens is 1. The highest BCUT2D eigenvalue weighted by Gasteiger charge is 2.17. The summed E-state index contributed by atoms with van der Waals surface area (Å²) in [7, 11) is 0. The maximum Gasteiger partial charge on any atom is 0.163 e. The van der Waals surface area contributed by atoms with Gasteiger partial charge in [0.05, 0.1) is 6.10 Å². The summed E-state index contributed by atoms with van der Waals surface area (Å²) in [6, 6.07) is 13.8. The van der Waals surface area contributed by atoms with Crippen molar-refractivity contribution in [2.24, 2.45) is 0 Å². The van der Waals surface area contributed by atoms with Crippen molar-refractivity contribution in [2.45, 2.75) is 20.0 Å². The molecule has 0 fully saturated rings. The number of hydrogen-bond acceptors (Lipinski definition) is 4. The first-order valence-corrected chi connectivity index (χ1v) is 7.46. The van der Waals surface area contributed by atoms with Gasteiger partial charge in [0.15, 0.2) is 5.69 Å². The third-order valence-electron chi connectivity index (χ3n) is 3.44. The van der Waals surface area contributed by atoms with E-state index in [4.69, 9.17) is 4.74 Å². The van der Waals surface area contributed by atoms with Crippen LogP contribution < -0.4 is 4.74 Å². The number of aromatic nitrogens is 3. The van der Waals surface area contributed by atoms with E-state index in [1.807, 2.05) is 38.1 Å². The number of nitrogens with zero attached hydrogens (tertiary/aromatic N) is 3. The molecule has 0 atom stereocenters. The van der Waals surface area contributed by atoms with E-state index < -0.39 is 0 Å². The molecule has 0 spiro atoms. The second-order valence-corrected chi connectivity index (χ2v) is 5.53. The summed E-state index contributed by atoms with van der Waals surface area (Å²) < 4.78 is 19.0. The van der Waals surface area contributed by atoms with Crippen molar-refractivity contribution in [1.82, 2.24) is 15.4 Å². The van der Waals surface area contributed by atoms with Gasteiger partial charge in [-0.25, -0.2) is 9.49 Å². The number of nitriles is 1.